The Kier molecular flexibility index (Phi) is 9.45. The van der Waals surface area contributed by atoms with Crippen molar-refractivity contribution >= 4 is 28.5 Å². The van der Waals surface area contributed by atoms with Gasteiger partial charge in [-0.15, -0.1) is 0 Å². The fourth-order valence-corrected chi connectivity index (χ4v) is 4.62. The van der Waals surface area contributed by atoms with Crippen molar-refractivity contribution in [2.75, 3.05) is 6.61 Å². The van der Waals surface area contributed by atoms with Gasteiger partial charge >= 0.3 is 5.97 Å². The fraction of sp³-hybridized carbons (Fsp3) is 0.433. The second-order valence-corrected chi connectivity index (χ2v) is 10.1. The molecule has 0 spiro atoms. The summed E-state index contributed by atoms with van der Waals surface area (Å²) in [5, 5.41) is 5.89. The van der Waals surface area contributed by atoms with E-state index in [0.717, 1.165) is 59.8 Å². The third kappa shape index (κ3) is 6.57. The second kappa shape index (κ2) is 13.0. The van der Waals surface area contributed by atoms with Crippen LogP contribution in [-0.4, -0.2) is 33.4 Å². The van der Waals surface area contributed by atoms with Gasteiger partial charge in [0.15, 0.2) is 0 Å². The second-order valence-electron chi connectivity index (χ2n) is 9.71. The van der Waals surface area contributed by atoms with E-state index >= 15 is 0 Å². The molecule has 4 aromatic rings. The molecule has 0 bridgehead atoms. The van der Waals surface area contributed by atoms with E-state index in [9.17, 15) is 4.79 Å². The zero-order valence-electron chi connectivity index (χ0n) is 22.6. The predicted octanol–water partition coefficient (Wildman–Crippen LogP) is 7.87. The first-order chi connectivity index (χ1) is 18.4. The van der Waals surface area contributed by atoms with Crippen molar-refractivity contribution in [2.24, 2.45) is 0 Å². The molecule has 38 heavy (non-hydrogen) atoms. The number of unbranched alkanes of at least 4 members (excludes halogenated alkanes) is 2. The molecule has 0 saturated carbocycles. The summed E-state index contributed by atoms with van der Waals surface area (Å²) < 4.78 is 19.0. The smallest absolute Gasteiger partial charge is 0.306 e. The van der Waals surface area contributed by atoms with Crippen molar-refractivity contribution in [3.63, 3.8) is 0 Å². The molecule has 0 aliphatic rings. The summed E-state index contributed by atoms with van der Waals surface area (Å²) in [5.74, 6) is 1.35. The number of halogens is 1. The summed E-state index contributed by atoms with van der Waals surface area (Å²) in [7, 11) is 0. The Hall–Kier alpha value is -3.32. The summed E-state index contributed by atoms with van der Waals surface area (Å²) in [6.07, 6.45) is 7.15. The van der Waals surface area contributed by atoms with Crippen LogP contribution in [0.15, 0.2) is 47.1 Å². The number of carbonyl (C=O) groups excluding carboxylic acids is 1. The van der Waals surface area contributed by atoms with Gasteiger partial charge in [0, 0.05) is 35.7 Å². The Balaban J connectivity index is 1.64. The number of nitrogens with zero attached hydrogens (tertiary/aromatic N) is 3. The van der Waals surface area contributed by atoms with Crippen LogP contribution in [-0.2, 0) is 22.5 Å². The number of fused-ring (bicyclic) bond motifs is 1. The maximum atomic E-state index is 12.3. The molecular weight excluding hydrogens is 502 g/mol. The summed E-state index contributed by atoms with van der Waals surface area (Å²) in [4.78, 5) is 17.0. The maximum absolute atomic E-state index is 12.3. The lowest BCUT2D eigenvalue weighted by Crippen LogP contribution is -2.06. The third-order valence-corrected chi connectivity index (χ3v) is 6.60. The monoisotopic (exact) mass is 537 g/mol. The first-order valence-electron chi connectivity index (χ1n) is 13.5. The van der Waals surface area contributed by atoms with E-state index in [0.29, 0.717) is 41.9 Å². The molecule has 0 aliphatic heterocycles. The Morgan fingerprint density at radius 3 is 2.68 bits per heavy atom. The molecule has 4 rings (SSSR count). The highest BCUT2D eigenvalue weighted by atomic mass is 35.5. The molecule has 202 valence electrons. The van der Waals surface area contributed by atoms with E-state index in [1.165, 1.54) is 0 Å². The molecule has 0 unspecified atom stereocenters. The van der Waals surface area contributed by atoms with Crippen LogP contribution in [0.4, 0.5) is 0 Å². The van der Waals surface area contributed by atoms with Gasteiger partial charge < -0.3 is 18.6 Å². The summed E-state index contributed by atoms with van der Waals surface area (Å²) >= 11 is 6.43. The Morgan fingerprint density at radius 1 is 1.13 bits per heavy atom. The van der Waals surface area contributed by atoms with Crippen LogP contribution < -0.4 is 4.74 Å². The van der Waals surface area contributed by atoms with E-state index < -0.39 is 0 Å². The van der Waals surface area contributed by atoms with Gasteiger partial charge in [-0.2, -0.15) is 4.98 Å². The normalized spacial score (nSPS) is 11.4. The number of aromatic nitrogens is 3. The molecule has 0 amide bonds. The Labute approximate surface area is 229 Å². The highest BCUT2D eigenvalue weighted by molar-refractivity contribution is 6.32. The summed E-state index contributed by atoms with van der Waals surface area (Å²) in [6.45, 7) is 9.51. The van der Waals surface area contributed by atoms with Gasteiger partial charge in [0.05, 0.1) is 23.3 Å². The minimum Gasteiger partial charge on any atom is -0.489 e. The molecule has 7 nitrogen and oxygen atoms in total. The number of rotatable bonds is 13. The summed E-state index contributed by atoms with van der Waals surface area (Å²) in [6, 6.07) is 11.6. The van der Waals surface area contributed by atoms with Gasteiger partial charge in [-0.05, 0) is 62.9 Å². The SMILES string of the molecule is CCCCOC(=O)CCc1cn(CCCC)c2c(-c3noc(-c4ccc(OC(C)C)c(Cl)c4)n3)cccc12. The first kappa shape index (κ1) is 27.7. The topological polar surface area (TPSA) is 79.4 Å². The van der Waals surface area contributed by atoms with Gasteiger partial charge in [-0.1, -0.05) is 55.6 Å². The quantitative estimate of drug-likeness (QED) is 0.127. The molecule has 0 atom stereocenters. The van der Waals surface area contributed by atoms with Crippen LogP contribution in [0.1, 0.15) is 65.4 Å². The predicted molar refractivity (Wildman–Crippen MR) is 151 cm³/mol. The molecule has 0 radical (unpaired) electrons. The van der Waals surface area contributed by atoms with Crippen LogP contribution in [0.2, 0.25) is 5.02 Å². The Morgan fingerprint density at radius 2 is 1.95 bits per heavy atom. The lowest BCUT2D eigenvalue weighted by molar-refractivity contribution is -0.143. The van der Waals surface area contributed by atoms with Crippen molar-refractivity contribution in [3.05, 3.63) is 53.2 Å². The van der Waals surface area contributed by atoms with Crippen LogP contribution in [0.25, 0.3) is 33.7 Å². The fourth-order valence-electron chi connectivity index (χ4n) is 4.39. The average Bonchev–Trinajstić information content (AvgIpc) is 3.53. The van der Waals surface area contributed by atoms with Crippen LogP contribution >= 0.6 is 11.6 Å². The maximum Gasteiger partial charge on any atom is 0.306 e. The van der Waals surface area contributed by atoms with Gasteiger partial charge in [0.25, 0.3) is 5.89 Å². The van der Waals surface area contributed by atoms with Crippen molar-refractivity contribution in [1.29, 1.82) is 0 Å². The number of ether oxygens (including phenoxy) is 2. The standard InChI is InChI=1S/C30H36ClN3O4/c1-5-7-16-34-19-22(13-15-27(35)36-17-8-6-2)23-10-9-11-24(28(23)34)29-32-30(38-33-29)21-12-14-26(25(31)18-21)37-20(3)4/h9-12,14,18-20H,5-8,13,15-17H2,1-4H3. The van der Waals surface area contributed by atoms with Crippen LogP contribution in [0.5, 0.6) is 5.75 Å². The molecule has 8 heteroatoms. The van der Waals surface area contributed by atoms with Crippen molar-refractivity contribution in [1.82, 2.24) is 14.7 Å². The van der Waals surface area contributed by atoms with Gasteiger partial charge in [0.2, 0.25) is 5.82 Å². The van der Waals surface area contributed by atoms with Gasteiger partial charge in [-0.3, -0.25) is 4.79 Å². The molecule has 2 heterocycles. The molecule has 0 fully saturated rings. The van der Waals surface area contributed by atoms with Crippen molar-refractivity contribution < 1.29 is 18.8 Å². The minimum absolute atomic E-state index is 0.0226. The highest BCUT2D eigenvalue weighted by Gasteiger charge is 2.19. The lowest BCUT2D eigenvalue weighted by Gasteiger charge is -2.11. The largest absolute Gasteiger partial charge is 0.489 e. The number of hydrogen-bond acceptors (Lipinski definition) is 6. The van der Waals surface area contributed by atoms with Crippen molar-refractivity contribution in [3.8, 4) is 28.6 Å². The first-order valence-corrected chi connectivity index (χ1v) is 13.9. The van der Waals surface area contributed by atoms with Crippen LogP contribution in [0, 0.1) is 0 Å². The number of hydrogen-bond donors (Lipinski definition) is 0. The number of para-hydroxylation sites is 1. The van der Waals surface area contributed by atoms with Gasteiger partial charge in [-0.25, -0.2) is 0 Å². The molecule has 2 aromatic heterocycles. The minimum atomic E-state index is -0.157. The third-order valence-electron chi connectivity index (χ3n) is 6.30. The number of carbonyl (C=O) groups is 1. The lowest BCUT2D eigenvalue weighted by atomic mass is 10.1. The Bertz CT molecular complexity index is 1380. The number of esters is 1. The molecule has 0 aliphatic carbocycles. The van der Waals surface area contributed by atoms with Crippen LogP contribution in [0.3, 0.4) is 0 Å². The van der Waals surface area contributed by atoms with E-state index in [2.05, 4.69) is 35.8 Å². The number of aryl methyl sites for hydroxylation is 2. The molecule has 2 aromatic carbocycles. The van der Waals surface area contributed by atoms with Crippen molar-refractivity contribution in [2.45, 2.75) is 78.9 Å². The van der Waals surface area contributed by atoms with E-state index in [1.807, 2.05) is 38.1 Å². The average molecular weight is 538 g/mol. The molecular formula is C30H36ClN3O4. The number of benzene rings is 2. The van der Waals surface area contributed by atoms with E-state index in [1.54, 1.807) is 6.07 Å². The molecule has 0 N–H and O–H groups in total. The van der Waals surface area contributed by atoms with Gasteiger partial charge in [0.1, 0.15) is 5.75 Å². The van der Waals surface area contributed by atoms with E-state index in [-0.39, 0.29) is 12.1 Å². The summed E-state index contributed by atoms with van der Waals surface area (Å²) in [5.41, 5.74) is 3.76. The highest BCUT2D eigenvalue weighted by Crippen LogP contribution is 2.34. The zero-order valence-corrected chi connectivity index (χ0v) is 23.4. The van der Waals surface area contributed by atoms with E-state index in [4.69, 9.17) is 30.6 Å². The molecule has 0 saturated heterocycles. The zero-order chi connectivity index (χ0) is 27.1.